The fourth-order valence-electron chi connectivity index (χ4n) is 2.33. The van der Waals surface area contributed by atoms with Gasteiger partial charge in [-0.2, -0.15) is 0 Å². The predicted octanol–water partition coefficient (Wildman–Crippen LogP) is 3.39. The summed E-state index contributed by atoms with van der Waals surface area (Å²) < 4.78 is 26.4. The van der Waals surface area contributed by atoms with Crippen molar-refractivity contribution in [3.63, 3.8) is 0 Å². The van der Waals surface area contributed by atoms with Gasteiger partial charge in [-0.15, -0.1) is 0 Å². The zero-order chi connectivity index (χ0) is 11.6. The highest BCUT2D eigenvalue weighted by Crippen LogP contribution is 2.29. The van der Waals surface area contributed by atoms with E-state index >= 15 is 0 Å². The van der Waals surface area contributed by atoms with Crippen molar-refractivity contribution < 1.29 is 8.78 Å². The predicted molar refractivity (Wildman–Crippen MR) is 60.1 cm³/mol. The van der Waals surface area contributed by atoms with E-state index in [9.17, 15) is 8.78 Å². The van der Waals surface area contributed by atoms with Crippen LogP contribution in [0.3, 0.4) is 0 Å². The third kappa shape index (κ3) is 2.40. The second kappa shape index (κ2) is 4.50. The Labute approximate surface area is 94.9 Å². The monoisotopic (exact) mass is 225 g/mol. The van der Waals surface area contributed by atoms with Crippen molar-refractivity contribution in [3.05, 3.63) is 35.4 Å². The second-order valence-electron chi connectivity index (χ2n) is 4.83. The minimum absolute atomic E-state index is 0.0960. The first-order chi connectivity index (χ1) is 7.61. The fraction of sp³-hybridized carbons (Fsp3) is 0.538. The average Bonchev–Trinajstić information content (AvgIpc) is 2.68. The van der Waals surface area contributed by atoms with Crippen LogP contribution in [-0.2, 0) is 6.54 Å². The molecule has 0 spiro atoms. The summed E-state index contributed by atoms with van der Waals surface area (Å²) in [5.74, 6) is -1.49. The van der Waals surface area contributed by atoms with Crippen molar-refractivity contribution in [2.24, 2.45) is 0 Å². The maximum absolute atomic E-state index is 13.4. The van der Waals surface area contributed by atoms with Gasteiger partial charge >= 0.3 is 0 Å². The molecule has 1 aromatic rings. The van der Waals surface area contributed by atoms with Crippen molar-refractivity contribution in [1.29, 1.82) is 0 Å². The Morgan fingerprint density at radius 1 is 1.25 bits per heavy atom. The van der Waals surface area contributed by atoms with E-state index in [1.54, 1.807) is 12.1 Å². The molecule has 0 atom stereocenters. The van der Waals surface area contributed by atoms with Gasteiger partial charge in [-0.05, 0) is 25.8 Å². The van der Waals surface area contributed by atoms with Gasteiger partial charge in [0.05, 0.1) is 0 Å². The number of hydrogen-bond donors (Lipinski definition) is 1. The van der Waals surface area contributed by atoms with E-state index in [0.717, 1.165) is 18.9 Å². The van der Waals surface area contributed by atoms with E-state index in [0.29, 0.717) is 12.1 Å². The molecule has 0 aliphatic heterocycles. The van der Waals surface area contributed by atoms with Crippen LogP contribution in [0.15, 0.2) is 18.2 Å². The first kappa shape index (κ1) is 11.5. The molecule has 1 aliphatic carbocycles. The lowest BCUT2D eigenvalue weighted by molar-refractivity contribution is 0.357. The largest absolute Gasteiger partial charge is 0.307 e. The summed E-state index contributed by atoms with van der Waals surface area (Å²) in [4.78, 5) is 0. The molecule has 1 N–H and O–H groups in total. The summed E-state index contributed by atoms with van der Waals surface area (Å²) in [5, 5.41) is 3.34. The van der Waals surface area contributed by atoms with Gasteiger partial charge in [0, 0.05) is 17.6 Å². The maximum Gasteiger partial charge on any atom is 0.163 e. The lowest BCUT2D eigenvalue weighted by atomic mass is 10.0. The van der Waals surface area contributed by atoms with Gasteiger partial charge < -0.3 is 5.32 Å². The molecule has 1 aliphatic rings. The van der Waals surface area contributed by atoms with Crippen LogP contribution in [0.1, 0.15) is 38.2 Å². The molecule has 0 heterocycles. The number of hydrogen-bond acceptors (Lipinski definition) is 1. The summed E-state index contributed by atoms with van der Waals surface area (Å²) >= 11 is 0. The van der Waals surface area contributed by atoms with Crippen LogP contribution >= 0.6 is 0 Å². The van der Waals surface area contributed by atoms with Gasteiger partial charge in [-0.1, -0.05) is 25.0 Å². The standard InChI is InChI=1S/C13H17F2N/c1-13(7-2-3-8-13)16-9-10-5-4-6-11(14)12(10)15/h4-6,16H,2-3,7-9H2,1H3. The van der Waals surface area contributed by atoms with E-state index in [4.69, 9.17) is 0 Å². The van der Waals surface area contributed by atoms with Crippen LogP contribution in [0.2, 0.25) is 0 Å². The number of benzene rings is 1. The smallest absolute Gasteiger partial charge is 0.163 e. The molecule has 0 saturated heterocycles. The molecule has 1 nitrogen and oxygen atoms in total. The molecule has 2 rings (SSSR count). The van der Waals surface area contributed by atoms with Crippen LogP contribution in [0.4, 0.5) is 8.78 Å². The highest BCUT2D eigenvalue weighted by molar-refractivity contribution is 5.19. The van der Waals surface area contributed by atoms with E-state index in [1.807, 2.05) is 0 Å². The topological polar surface area (TPSA) is 12.0 Å². The van der Waals surface area contributed by atoms with Gasteiger partial charge in [0.2, 0.25) is 0 Å². The Hall–Kier alpha value is -0.960. The minimum atomic E-state index is -0.768. The molecule has 1 saturated carbocycles. The molecule has 0 aromatic heterocycles. The van der Waals surface area contributed by atoms with Crippen molar-refractivity contribution in [2.45, 2.75) is 44.7 Å². The fourth-order valence-corrected chi connectivity index (χ4v) is 2.33. The lowest BCUT2D eigenvalue weighted by Crippen LogP contribution is -2.39. The Morgan fingerprint density at radius 2 is 1.94 bits per heavy atom. The summed E-state index contributed by atoms with van der Waals surface area (Å²) in [6.07, 6.45) is 4.66. The molecule has 0 unspecified atom stereocenters. The van der Waals surface area contributed by atoms with Gasteiger partial charge in [-0.3, -0.25) is 0 Å². The molecule has 88 valence electrons. The first-order valence-electron chi connectivity index (χ1n) is 5.79. The van der Waals surface area contributed by atoms with E-state index in [1.165, 1.54) is 12.8 Å². The Bertz CT molecular complexity index is 370. The lowest BCUT2D eigenvalue weighted by Gasteiger charge is -2.25. The van der Waals surface area contributed by atoms with Crippen LogP contribution < -0.4 is 5.32 Å². The van der Waals surface area contributed by atoms with Crippen LogP contribution in [0.5, 0.6) is 0 Å². The van der Waals surface area contributed by atoms with Crippen molar-refractivity contribution in [2.75, 3.05) is 0 Å². The molecular weight excluding hydrogens is 208 g/mol. The maximum atomic E-state index is 13.4. The average molecular weight is 225 g/mol. The number of nitrogens with one attached hydrogen (secondary N) is 1. The van der Waals surface area contributed by atoms with Crippen molar-refractivity contribution in [3.8, 4) is 0 Å². The molecule has 16 heavy (non-hydrogen) atoms. The Morgan fingerprint density at radius 3 is 2.62 bits per heavy atom. The molecule has 0 bridgehead atoms. The molecular formula is C13H17F2N. The second-order valence-corrected chi connectivity index (χ2v) is 4.83. The van der Waals surface area contributed by atoms with Gasteiger partial charge in [0.25, 0.3) is 0 Å². The highest BCUT2D eigenvalue weighted by Gasteiger charge is 2.27. The summed E-state index contributed by atoms with van der Waals surface area (Å²) in [6, 6.07) is 4.33. The van der Waals surface area contributed by atoms with Crippen molar-refractivity contribution in [1.82, 2.24) is 5.32 Å². The Kier molecular flexibility index (Phi) is 3.24. The van der Waals surface area contributed by atoms with Crippen molar-refractivity contribution >= 4 is 0 Å². The molecule has 0 radical (unpaired) electrons. The van der Waals surface area contributed by atoms with Crippen LogP contribution in [-0.4, -0.2) is 5.54 Å². The third-order valence-electron chi connectivity index (χ3n) is 3.44. The van der Waals surface area contributed by atoms with Crippen LogP contribution in [0, 0.1) is 11.6 Å². The summed E-state index contributed by atoms with van der Waals surface area (Å²) in [5.41, 5.74) is 0.506. The van der Waals surface area contributed by atoms with Crippen LogP contribution in [0.25, 0.3) is 0 Å². The van der Waals surface area contributed by atoms with E-state index in [2.05, 4.69) is 12.2 Å². The highest BCUT2D eigenvalue weighted by atomic mass is 19.2. The zero-order valence-corrected chi connectivity index (χ0v) is 9.52. The minimum Gasteiger partial charge on any atom is -0.307 e. The number of halogens is 2. The van der Waals surface area contributed by atoms with E-state index in [-0.39, 0.29) is 5.54 Å². The molecule has 1 fully saturated rings. The third-order valence-corrected chi connectivity index (χ3v) is 3.44. The summed E-state index contributed by atoms with van der Waals surface area (Å²) in [7, 11) is 0. The zero-order valence-electron chi connectivity index (χ0n) is 9.52. The summed E-state index contributed by atoms with van der Waals surface area (Å²) in [6.45, 7) is 2.55. The molecule has 3 heteroatoms. The molecule has 1 aromatic carbocycles. The normalized spacial score (nSPS) is 18.9. The van der Waals surface area contributed by atoms with E-state index < -0.39 is 11.6 Å². The van der Waals surface area contributed by atoms with Gasteiger partial charge in [0.15, 0.2) is 11.6 Å². The molecule has 0 amide bonds. The Balaban J connectivity index is 2.02. The van der Waals surface area contributed by atoms with Gasteiger partial charge in [-0.25, -0.2) is 8.78 Å². The van der Waals surface area contributed by atoms with Gasteiger partial charge in [0.1, 0.15) is 0 Å². The number of rotatable bonds is 3. The quantitative estimate of drug-likeness (QED) is 0.831. The SMILES string of the molecule is CC1(NCc2cccc(F)c2F)CCCC1. The first-order valence-corrected chi connectivity index (χ1v) is 5.79.